The van der Waals surface area contributed by atoms with Crippen LogP contribution in [0.1, 0.15) is 24.4 Å². The molecular weight excluding hydrogens is 276 g/mol. The van der Waals surface area contributed by atoms with E-state index < -0.39 is 24.4 Å². The second kappa shape index (κ2) is 4.59. The number of carbonyl (C=O) groups excluding carboxylic acids is 1. The Hall–Kier alpha value is -1.82. The SMILES string of the molecule is O=C(C1=NC2[C@@H](F)C[C@@H](c3ccccc3)N2N1)[C@H]1C[C@H]1F. The van der Waals surface area contributed by atoms with Gasteiger partial charge in [-0.15, -0.1) is 0 Å². The lowest BCUT2D eigenvalue weighted by Gasteiger charge is -2.23. The number of hydrogen-bond donors (Lipinski definition) is 1. The van der Waals surface area contributed by atoms with Crippen molar-refractivity contribution in [1.29, 1.82) is 0 Å². The number of benzene rings is 1. The number of nitrogens with one attached hydrogen (secondary N) is 1. The van der Waals surface area contributed by atoms with Gasteiger partial charge in [0.05, 0.1) is 12.0 Å². The Morgan fingerprint density at radius 2 is 1.90 bits per heavy atom. The minimum atomic E-state index is -1.13. The molecule has 0 bridgehead atoms. The number of halogens is 2. The second-order valence-corrected chi connectivity index (χ2v) is 5.81. The minimum absolute atomic E-state index is 0.105. The van der Waals surface area contributed by atoms with Gasteiger partial charge in [-0.1, -0.05) is 30.3 Å². The molecule has 6 heteroatoms. The summed E-state index contributed by atoms with van der Waals surface area (Å²) in [4.78, 5) is 16.2. The molecule has 2 fully saturated rings. The zero-order chi connectivity index (χ0) is 14.6. The monoisotopic (exact) mass is 291 g/mol. The summed E-state index contributed by atoms with van der Waals surface area (Å²) in [5.41, 5.74) is 3.88. The average Bonchev–Trinajstić information content (AvgIpc) is 2.95. The molecule has 21 heavy (non-hydrogen) atoms. The van der Waals surface area contributed by atoms with Crippen LogP contribution in [0.5, 0.6) is 0 Å². The van der Waals surface area contributed by atoms with Crippen LogP contribution in [0.4, 0.5) is 8.78 Å². The number of carbonyl (C=O) groups is 1. The molecule has 5 atom stereocenters. The summed E-state index contributed by atoms with van der Waals surface area (Å²) in [7, 11) is 0. The summed E-state index contributed by atoms with van der Waals surface area (Å²) < 4.78 is 27.2. The molecule has 3 aliphatic rings. The van der Waals surface area contributed by atoms with Crippen molar-refractivity contribution in [3.05, 3.63) is 35.9 Å². The molecule has 1 N–H and O–H groups in total. The number of hydrogen-bond acceptors (Lipinski definition) is 4. The Morgan fingerprint density at radius 1 is 1.19 bits per heavy atom. The lowest BCUT2D eigenvalue weighted by Crippen LogP contribution is -2.42. The van der Waals surface area contributed by atoms with Gasteiger partial charge in [-0.3, -0.25) is 10.2 Å². The van der Waals surface area contributed by atoms with Gasteiger partial charge in [0.15, 0.2) is 12.0 Å². The fourth-order valence-electron chi connectivity index (χ4n) is 3.08. The highest BCUT2D eigenvalue weighted by Crippen LogP contribution is 2.40. The number of aliphatic imine (C=N–C) groups is 1. The number of ketones is 1. The van der Waals surface area contributed by atoms with Crippen molar-refractivity contribution in [2.45, 2.75) is 37.4 Å². The Morgan fingerprint density at radius 3 is 2.57 bits per heavy atom. The first kappa shape index (κ1) is 12.9. The van der Waals surface area contributed by atoms with Gasteiger partial charge in [0.25, 0.3) is 0 Å². The molecular formula is C15H15F2N3O. The number of rotatable bonds is 3. The first-order chi connectivity index (χ1) is 10.1. The molecule has 1 unspecified atom stereocenters. The molecule has 0 radical (unpaired) electrons. The predicted molar refractivity (Wildman–Crippen MR) is 72.9 cm³/mol. The Balaban J connectivity index is 1.56. The maximum absolute atomic E-state index is 14.2. The van der Waals surface area contributed by atoms with Crippen molar-refractivity contribution >= 4 is 11.6 Å². The van der Waals surface area contributed by atoms with Gasteiger partial charge in [0.2, 0.25) is 5.78 Å². The van der Waals surface area contributed by atoms with E-state index in [-0.39, 0.29) is 24.1 Å². The van der Waals surface area contributed by atoms with Crippen LogP contribution in [-0.4, -0.2) is 35.1 Å². The van der Waals surface area contributed by atoms with E-state index in [2.05, 4.69) is 10.4 Å². The Kier molecular flexibility index (Phi) is 2.82. The molecule has 4 rings (SSSR count). The third-order valence-electron chi connectivity index (χ3n) is 4.36. The summed E-state index contributed by atoms with van der Waals surface area (Å²) in [5.74, 6) is -0.825. The topological polar surface area (TPSA) is 44.7 Å². The number of amidine groups is 1. The van der Waals surface area contributed by atoms with Crippen molar-refractivity contribution in [2.24, 2.45) is 10.9 Å². The van der Waals surface area contributed by atoms with E-state index in [1.54, 1.807) is 5.01 Å². The normalized spacial score (nSPS) is 37.8. The Bertz CT molecular complexity index is 606. The maximum atomic E-state index is 14.2. The molecule has 1 saturated heterocycles. The zero-order valence-corrected chi connectivity index (χ0v) is 11.2. The fraction of sp³-hybridized carbons (Fsp3) is 0.467. The molecule has 0 spiro atoms. The standard InChI is InChI=1S/C15H15F2N3O/c16-10-6-9(10)13(21)14-18-15-11(17)7-12(20(15)19-14)8-4-2-1-3-5-8/h1-5,9-12,15H,6-7H2,(H,18,19)/t9-,10+,11-,12-,15?/m0/s1. The van der Waals surface area contributed by atoms with Crippen molar-refractivity contribution in [2.75, 3.05) is 0 Å². The molecule has 2 heterocycles. The van der Waals surface area contributed by atoms with Gasteiger partial charge in [-0.2, -0.15) is 5.01 Å². The molecule has 4 nitrogen and oxygen atoms in total. The lowest BCUT2D eigenvalue weighted by atomic mass is 10.0. The predicted octanol–water partition coefficient (Wildman–Crippen LogP) is 1.94. The Labute approximate surface area is 120 Å². The highest BCUT2D eigenvalue weighted by atomic mass is 19.1. The lowest BCUT2D eigenvalue weighted by molar-refractivity contribution is -0.114. The number of hydrazine groups is 1. The minimum Gasteiger partial charge on any atom is -0.298 e. The van der Waals surface area contributed by atoms with Crippen molar-refractivity contribution < 1.29 is 13.6 Å². The van der Waals surface area contributed by atoms with Crippen LogP contribution >= 0.6 is 0 Å². The first-order valence-electron chi connectivity index (χ1n) is 7.15. The van der Waals surface area contributed by atoms with Gasteiger partial charge < -0.3 is 0 Å². The van der Waals surface area contributed by atoms with Gasteiger partial charge in [-0.25, -0.2) is 13.8 Å². The summed E-state index contributed by atoms with van der Waals surface area (Å²) >= 11 is 0. The van der Waals surface area contributed by atoms with E-state index in [1.165, 1.54) is 0 Å². The molecule has 1 aromatic rings. The number of alkyl halides is 2. The number of Topliss-reactive ketones (excluding diaryl/α,β-unsaturated/α-hetero) is 1. The van der Waals surface area contributed by atoms with Gasteiger partial charge >= 0.3 is 0 Å². The van der Waals surface area contributed by atoms with E-state index >= 15 is 0 Å². The van der Waals surface area contributed by atoms with Crippen LogP contribution in [-0.2, 0) is 4.79 Å². The molecule has 0 amide bonds. The van der Waals surface area contributed by atoms with Crippen molar-refractivity contribution in [3.8, 4) is 0 Å². The van der Waals surface area contributed by atoms with Crippen LogP contribution in [0, 0.1) is 5.92 Å². The van der Waals surface area contributed by atoms with Gasteiger partial charge in [0, 0.05) is 6.42 Å². The molecule has 110 valence electrons. The van der Waals surface area contributed by atoms with Crippen molar-refractivity contribution in [3.63, 3.8) is 0 Å². The van der Waals surface area contributed by atoms with E-state index in [0.717, 1.165) is 5.56 Å². The van der Waals surface area contributed by atoms with Crippen LogP contribution in [0.3, 0.4) is 0 Å². The van der Waals surface area contributed by atoms with Crippen molar-refractivity contribution in [1.82, 2.24) is 10.4 Å². The van der Waals surface area contributed by atoms with E-state index in [1.807, 2.05) is 30.3 Å². The van der Waals surface area contributed by atoms with E-state index in [9.17, 15) is 13.6 Å². The number of nitrogens with zero attached hydrogens (tertiary/aromatic N) is 2. The van der Waals surface area contributed by atoms with Crippen LogP contribution in [0.25, 0.3) is 0 Å². The zero-order valence-electron chi connectivity index (χ0n) is 11.2. The third-order valence-corrected chi connectivity index (χ3v) is 4.36. The fourth-order valence-corrected chi connectivity index (χ4v) is 3.08. The largest absolute Gasteiger partial charge is 0.298 e. The molecule has 1 saturated carbocycles. The van der Waals surface area contributed by atoms with Crippen LogP contribution in [0.15, 0.2) is 35.3 Å². The third kappa shape index (κ3) is 2.05. The smallest absolute Gasteiger partial charge is 0.204 e. The summed E-state index contributed by atoms with van der Waals surface area (Å²) in [5, 5.41) is 1.68. The molecule has 2 aliphatic heterocycles. The van der Waals surface area contributed by atoms with E-state index in [0.29, 0.717) is 6.42 Å². The first-order valence-corrected chi connectivity index (χ1v) is 7.15. The second-order valence-electron chi connectivity index (χ2n) is 5.81. The highest BCUT2D eigenvalue weighted by molar-refractivity contribution is 6.40. The summed E-state index contributed by atoms with van der Waals surface area (Å²) in [6.45, 7) is 0. The highest BCUT2D eigenvalue weighted by Gasteiger charge is 2.51. The summed E-state index contributed by atoms with van der Waals surface area (Å²) in [6.07, 6.45) is -2.30. The summed E-state index contributed by atoms with van der Waals surface area (Å²) in [6, 6.07) is 9.40. The van der Waals surface area contributed by atoms with E-state index in [4.69, 9.17) is 0 Å². The van der Waals surface area contributed by atoms with Crippen LogP contribution < -0.4 is 5.43 Å². The average molecular weight is 291 g/mol. The maximum Gasteiger partial charge on any atom is 0.204 e. The molecule has 1 aromatic carbocycles. The van der Waals surface area contributed by atoms with Gasteiger partial charge in [0.1, 0.15) is 12.3 Å². The van der Waals surface area contributed by atoms with Gasteiger partial charge in [-0.05, 0) is 12.0 Å². The van der Waals surface area contributed by atoms with Crippen LogP contribution in [0.2, 0.25) is 0 Å². The quantitative estimate of drug-likeness (QED) is 0.925. The number of fused-ring (bicyclic) bond motifs is 1. The molecule has 0 aromatic heterocycles. The molecule has 1 aliphatic carbocycles.